The predicted octanol–water partition coefficient (Wildman–Crippen LogP) is 2.99. The zero-order chi connectivity index (χ0) is 33.2. The third-order valence-electron chi connectivity index (χ3n) is 9.54. The van der Waals surface area contributed by atoms with Crippen LogP contribution >= 0.6 is 0 Å². The number of hydrogen-bond donors (Lipinski definition) is 2. The molecule has 10 nitrogen and oxygen atoms in total. The van der Waals surface area contributed by atoms with Gasteiger partial charge in [0.2, 0.25) is 5.91 Å². The van der Waals surface area contributed by atoms with Crippen LogP contribution in [0.25, 0.3) is 10.8 Å². The monoisotopic (exact) mass is 644 g/mol. The fourth-order valence-electron chi connectivity index (χ4n) is 7.08. The number of anilines is 1. The van der Waals surface area contributed by atoms with Crippen LogP contribution in [0.2, 0.25) is 0 Å². The molecule has 3 aromatic carbocycles. The lowest BCUT2D eigenvalue weighted by Gasteiger charge is -2.44. The van der Waals surface area contributed by atoms with Crippen molar-refractivity contribution in [2.24, 2.45) is 18.7 Å². The van der Waals surface area contributed by atoms with Gasteiger partial charge in [-0.25, -0.2) is 13.5 Å². The summed E-state index contributed by atoms with van der Waals surface area (Å²) in [7, 11) is 1.53. The fraction of sp³-hybridized carbons (Fsp3) is 0.371. The molecule has 2 saturated heterocycles. The molecule has 0 unspecified atom stereocenters. The van der Waals surface area contributed by atoms with Crippen molar-refractivity contribution in [3.63, 3.8) is 0 Å². The van der Waals surface area contributed by atoms with Gasteiger partial charge >= 0.3 is 5.97 Å². The number of piperazine rings is 1. The van der Waals surface area contributed by atoms with Crippen LogP contribution in [0.3, 0.4) is 0 Å². The smallest absolute Gasteiger partial charge is 0.321 e. The Balaban J connectivity index is 1.25. The number of aryl methyl sites for hydroxylation is 1. The summed E-state index contributed by atoms with van der Waals surface area (Å²) in [4.78, 5) is 44.5. The highest BCUT2D eigenvalue weighted by atomic mass is 19.1. The van der Waals surface area contributed by atoms with Gasteiger partial charge in [0.05, 0.1) is 5.92 Å². The van der Waals surface area contributed by atoms with Gasteiger partial charge < -0.3 is 20.6 Å². The van der Waals surface area contributed by atoms with Crippen molar-refractivity contribution in [2.75, 3.05) is 44.2 Å². The molecular formula is C35H38F2N6O4. The molecule has 0 spiro atoms. The Hall–Kier alpha value is -4.68. The number of carbonyl (C=O) groups excluding carboxylic acids is 1. The van der Waals surface area contributed by atoms with Crippen molar-refractivity contribution in [1.29, 1.82) is 0 Å². The molecule has 6 rings (SSSR count). The Morgan fingerprint density at radius 2 is 1.77 bits per heavy atom. The number of carbonyl (C=O) groups is 2. The minimum absolute atomic E-state index is 0.203. The van der Waals surface area contributed by atoms with Crippen molar-refractivity contribution >= 4 is 28.5 Å². The van der Waals surface area contributed by atoms with Crippen molar-refractivity contribution < 1.29 is 23.5 Å². The lowest BCUT2D eigenvalue weighted by Crippen LogP contribution is -2.60. The van der Waals surface area contributed by atoms with E-state index in [1.54, 1.807) is 11.0 Å². The largest absolute Gasteiger partial charge is 0.480 e. The third kappa shape index (κ3) is 6.75. The van der Waals surface area contributed by atoms with Gasteiger partial charge in [0.25, 0.3) is 5.56 Å². The number of carboxylic acids is 1. The van der Waals surface area contributed by atoms with E-state index in [4.69, 9.17) is 5.73 Å². The number of aromatic nitrogens is 2. The SMILES string of the molecule is Cn1nc(N2C[C@@H](C(=O)N3CCN([C@@H](Cc4ccc5ccccc5c4)C(=O)O)C[C@@H]3CCN)[C@H](c3ccc(F)cc3F)C2)ccc1=O. The van der Waals surface area contributed by atoms with Crippen LogP contribution < -0.4 is 16.2 Å². The van der Waals surface area contributed by atoms with Gasteiger partial charge in [-0.3, -0.25) is 19.3 Å². The Morgan fingerprint density at radius 1 is 0.979 bits per heavy atom. The first kappa shape index (κ1) is 32.3. The normalized spacial score (nSPS) is 20.9. The summed E-state index contributed by atoms with van der Waals surface area (Å²) in [5.74, 6) is -3.43. The fourth-order valence-corrected chi connectivity index (χ4v) is 7.08. The lowest BCUT2D eigenvalue weighted by atomic mass is 9.86. The maximum atomic E-state index is 15.2. The zero-order valence-electron chi connectivity index (χ0n) is 26.1. The molecule has 3 heterocycles. The van der Waals surface area contributed by atoms with Crippen molar-refractivity contribution in [3.8, 4) is 0 Å². The molecular weight excluding hydrogens is 606 g/mol. The number of aliphatic carboxylic acids is 1. The zero-order valence-corrected chi connectivity index (χ0v) is 26.1. The third-order valence-corrected chi connectivity index (χ3v) is 9.54. The number of hydrogen-bond acceptors (Lipinski definition) is 7. The highest BCUT2D eigenvalue weighted by Gasteiger charge is 2.45. The Morgan fingerprint density at radius 3 is 2.49 bits per heavy atom. The number of carboxylic acid groups (broad SMARTS) is 1. The lowest BCUT2D eigenvalue weighted by molar-refractivity contribution is -0.147. The summed E-state index contributed by atoms with van der Waals surface area (Å²) in [6.07, 6.45) is 0.762. The van der Waals surface area contributed by atoms with Crippen molar-refractivity contribution in [1.82, 2.24) is 19.6 Å². The summed E-state index contributed by atoms with van der Waals surface area (Å²) < 4.78 is 30.3. The molecule has 0 bridgehead atoms. The highest BCUT2D eigenvalue weighted by Crippen LogP contribution is 2.38. The van der Waals surface area contributed by atoms with E-state index in [1.807, 2.05) is 52.3 Å². The summed E-state index contributed by atoms with van der Waals surface area (Å²) in [5, 5.41) is 16.8. The highest BCUT2D eigenvalue weighted by molar-refractivity contribution is 5.84. The second-order valence-corrected chi connectivity index (χ2v) is 12.4. The Labute approximate surface area is 271 Å². The van der Waals surface area contributed by atoms with E-state index in [0.717, 1.165) is 22.4 Å². The molecule has 0 aliphatic carbocycles. The van der Waals surface area contributed by atoms with Gasteiger partial charge in [0.15, 0.2) is 0 Å². The quantitative estimate of drug-likeness (QED) is 0.285. The van der Waals surface area contributed by atoms with E-state index in [1.165, 1.54) is 29.9 Å². The van der Waals surface area contributed by atoms with Crippen LogP contribution in [0.4, 0.5) is 14.6 Å². The summed E-state index contributed by atoms with van der Waals surface area (Å²) >= 11 is 0. The average Bonchev–Trinajstić information content (AvgIpc) is 3.49. The van der Waals surface area contributed by atoms with E-state index in [2.05, 4.69) is 5.10 Å². The first-order chi connectivity index (χ1) is 22.6. The van der Waals surface area contributed by atoms with Gasteiger partial charge in [0, 0.05) is 63.9 Å². The van der Waals surface area contributed by atoms with Crippen LogP contribution in [-0.4, -0.2) is 87.9 Å². The molecule has 12 heteroatoms. The van der Waals surface area contributed by atoms with E-state index in [0.29, 0.717) is 38.3 Å². The number of nitrogens with zero attached hydrogens (tertiary/aromatic N) is 5. The number of rotatable bonds is 9. The van der Waals surface area contributed by atoms with Crippen LogP contribution in [0.15, 0.2) is 77.6 Å². The number of benzene rings is 3. The van der Waals surface area contributed by atoms with Gasteiger partial charge in [-0.1, -0.05) is 48.5 Å². The molecule has 3 N–H and O–H groups in total. The predicted molar refractivity (Wildman–Crippen MR) is 174 cm³/mol. The summed E-state index contributed by atoms with van der Waals surface area (Å²) in [5.41, 5.74) is 6.86. The number of fused-ring (bicyclic) bond motifs is 1. The minimum Gasteiger partial charge on any atom is -0.480 e. The molecule has 1 amide bonds. The van der Waals surface area contributed by atoms with Crippen LogP contribution in [0, 0.1) is 17.6 Å². The molecule has 246 valence electrons. The van der Waals surface area contributed by atoms with E-state index < -0.39 is 35.5 Å². The molecule has 0 radical (unpaired) electrons. The molecule has 4 aromatic rings. The van der Waals surface area contributed by atoms with Gasteiger partial charge in [0.1, 0.15) is 23.5 Å². The van der Waals surface area contributed by atoms with Gasteiger partial charge in [-0.2, -0.15) is 5.10 Å². The average molecular weight is 645 g/mol. The first-order valence-corrected chi connectivity index (χ1v) is 15.8. The van der Waals surface area contributed by atoms with E-state index >= 15 is 4.39 Å². The molecule has 0 saturated carbocycles. The number of nitrogens with two attached hydrogens (primary N) is 1. The molecule has 47 heavy (non-hydrogen) atoms. The Kier molecular flexibility index (Phi) is 9.33. The maximum Gasteiger partial charge on any atom is 0.321 e. The first-order valence-electron chi connectivity index (χ1n) is 15.8. The second kappa shape index (κ2) is 13.6. The molecule has 1 aromatic heterocycles. The molecule has 2 aliphatic rings. The molecule has 4 atom stereocenters. The minimum atomic E-state index is -0.938. The standard InChI is InChI=1S/C35H38F2N6O4/c1-40-33(44)11-10-32(39-40)42-20-28(27-9-8-25(36)18-30(27)37)29(21-42)34(45)43-15-14-41(19-26(43)12-13-38)31(35(46)47)17-22-6-7-23-4-2-3-5-24(23)16-22/h2-11,16,18,26,28-29,31H,12-15,17,19-21,38H2,1H3,(H,46,47)/t26-,28-,29+,31-/m0/s1. The van der Waals surface area contributed by atoms with Crippen molar-refractivity contribution in [2.45, 2.75) is 30.8 Å². The van der Waals surface area contributed by atoms with Crippen molar-refractivity contribution in [3.05, 3.63) is 106 Å². The summed E-state index contributed by atoms with van der Waals surface area (Å²) in [6, 6.07) is 19.1. The summed E-state index contributed by atoms with van der Waals surface area (Å²) in [6.45, 7) is 1.67. The maximum absolute atomic E-state index is 15.2. The van der Waals surface area contributed by atoms with E-state index in [-0.39, 0.29) is 42.7 Å². The van der Waals surface area contributed by atoms with Gasteiger partial charge in [-0.05, 0) is 53.4 Å². The Bertz CT molecular complexity index is 1850. The topological polar surface area (TPSA) is 125 Å². The number of halogens is 2. The molecule has 2 aliphatic heterocycles. The second-order valence-electron chi connectivity index (χ2n) is 12.4. The van der Waals surface area contributed by atoms with Crippen LogP contribution in [0.5, 0.6) is 0 Å². The van der Waals surface area contributed by atoms with Crippen LogP contribution in [0.1, 0.15) is 23.5 Å². The van der Waals surface area contributed by atoms with Crippen LogP contribution in [-0.2, 0) is 23.1 Å². The molecule has 2 fully saturated rings. The number of amides is 1. The van der Waals surface area contributed by atoms with Gasteiger partial charge in [-0.15, -0.1) is 0 Å². The van der Waals surface area contributed by atoms with E-state index in [9.17, 15) is 23.9 Å².